The summed E-state index contributed by atoms with van der Waals surface area (Å²) in [7, 11) is 1.56. The lowest BCUT2D eigenvalue weighted by Gasteiger charge is -2.34. The molecule has 30 heavy (non-hydrogen) atoms. The summed E-state index contributed by atoms with van der Waals surface area (Å²) in [6.07, 6.45) is 5.22. The van der Waals surface area contributed by atoms with Crippen LogP contribution in [0.4, 0.5) is 0 Å². The minimum absolute atomic E-state index is 0.0754. The first kappa shape index (κ1) is 23.5. The molecular weight excluding hydrogens is 454 g/mol. The van der Waals surface area contributed by atoms with Crippen LogP contribution in [0.2, 0.25) is 0 Å². The summed E-state index contributed by atoms with van der Waals surface area (Å²) in [6, 6.07) is -0.731. The molecule has 8 nitrogen and oxygen atoms in total. The Morgan fingerprint density at radius 2 is 2.00 bits per heavy atom. The molecule has 2 bridgehead atoms. The second-order valence-electron chi connectivity index (χ2n) is 8.59. The molecule has 3 N–H and O–H groups in total. The van der Waals surface area contributed by atoms with Gasteiger partial charge in [0.15, 0.2) is 0 Å². The summed E-state index contributed by atoms with van der Waals surface area (Å²) >= 11 is 3.63. The SMILES string of the molecule is CCCCCNC(=O)C1N(CCCCCO)C(=O)[C@@H]2[C@H](C(=O)NC)[C@H]3OC12CC3Br. The Balaban J connectivity index is 1.86. The summed E-state index contributed by atoms with van der Waals surface area (Å²) < 4.78 is 6.35. The molecule has 6 atom stereocenters. The van der Waals surface area contributed by atoms with Crippen molar-refractivity contribution in [2.24, 2.45) is 11.8 Å². The Kier molecular flexibility index (Phi) is 7.79. The molecular formula is C21H34BrN3O5. The molecule has 3 heterocycles. The predicted molar refractivity (Wildman–Crippen MR) is 115 cm³/mol. The molecule has 0 aliphatic carbocycles. The van der Waals surface area contributed by atoms with Crippen molar-refractivity contribution in [2.75, 3.05) is 26.7 Å². The number of alkyl halides is 1. The molecule has 9 heteroatoms. The lowest BCUT2D eigenvalue weighted by Crippen LogP contribution is -2.56. The Hall–Kier alpha value is -1.19. The highest BCUT2D eigenvalue weighted by atomic mass is 79.9. The summed E-state index contributed by atoms with van der Waals surface area (Å²) in [6.45, 7) is 3.20. The van der Waals surface area contributed by atoms with E-state index in [2.05, 4.69) is 33.5 Å². The van der Waals surface area contributed by atoms with E-state index in [0.717, 1.165) is 25.7 Å². The van der Waals surface area contributed by atoms with Crippen LogP contribution in [-0.4, -0.2) is 77.0 Å². The fraction of sp³-hybridized carbons (Fsp3) is 0.857. The third kappa shape index (κ3) is 4.00. The van der Waals surface area contributed by atoms with Crippen LogP contribution in [0.1, 0.15) is 51.9 Å². The largest absolute Gasteiger partial charge is 0.396 e. The van der Waals surface area contributed by atoms with E-state index in [4.69, 9.17) is 9.84 Å². The molecule has 3 unspecified atom stereocenters. The monoisotopic (exact) mass is 487 g/mol. The highest BCUT2D eigenvalue weighted by Crippen LogP contribution is 2.59. The molecule has 0 radical (unpaired) electrons. The van der Waals surface area contributed by atoms with Gasteiger partial charge in [-0.25, -0.2) is 0 Å². The van der Waals surface area contributed by atoms with Gasteiger partial charge in [-0.3, -0.25) is 14.4 Å². The number of nitrogens with zero attached hydrogens (tertiary/aromatic N) is 1. The van der Waals surface area contributed by atoms with Crippen LogP contribution < -0.4 is 10.6 Å². The maximum atomic E-state index is 13.5. The first-order valence-electron chi connectivity index (χ1n) is 11.2. The van der Waals surface area contributed by atoms with Crippen molar-refractivity contribution < 1.29 is 24.2 Å². The minimum Gasteiger partial charge on any atom is -0.396 e. The van der Waals surface area contributed by atoms with Crippen LogP contribution in [-0.2, 0) is 19.1 Å². The number of amides is 3. The molecule has 0 aromatic rings. The summed E-state index contributed by atoms with van der Waals surface area (Å²) in [5, 5.41) is 14.7. The lowest BCUT2D eigenvalue weighted by atomic mass is 9.70. The second kappa shape index (κ2) is 9.96. The molecule has 3 aliphatic heterocycles. The van der Waals surface area contributed by atoms with Crippen molar-refractivity contribution in [1.29, 1.82) is 0 Å². The molecule has 0 saturated carbocycles. The van der Waals surface area contributed by atoms with Gasteiger partial charge in [0, 0.05) is 31.6 Å². The summed E-state index contributed by atoms with van der Waals surface area (Å²) in [5.74, 6) is -1.81. The number of carbonyl (C=O) groups is 3. The number of aliphatic hydroxyl groups is 1. The maximum absolute atomic E-state index is 13.5. The van der Waals surface area contributed by atoms with Gasteiger partial charge in [0.2, 0.25) is 17.7 Å². The first-order chi connectivity index (χ1) is 14.4. The summed E-state index contributed by atoms with van der Waals surface area (Å²) in [4.78, 5) is 41.0. The molecule has 170 valence electrons. The van der Waals surface area contributed by atoms with E-state index in [-0.39, 0.29) is 29.2 Å². The molecule has 3 saturated heterocycles. The number of nitrogens with one attached hydrogen (secondary N) is 2. The van der Waals surface area contributed by atoms with Gasteiger partial charge < -0.3 is 25.4 Å². The maximum Gasteiger partial charge on any atom is 0.245 e. The Bertz CT molecular complexity index is 663. The molecule has 3 fully saturated rings. The van der Waals surface area contributed by atoms with Crippen molar-refractivity contribution >= 4 is 33.7 Å². The first-order valence-corrected chi connectivity index (χ1v) is 12.1. The van der Waals surface area contributed by atoms with E-state index >= 15 is 0 Å². The van der Waals surface area contributed by atoms with Crippen LogP contribution in [0.3, 0.4) is 0 Å². The number of aliphatic hydroxyl groups excluding tert-OH is 1. The van der Waals surface area contributed by atoms with E-state index in [1.54, 1.807) is 11.9 Å². The number of ether oxygens (including phenoxy) is 1. The minimum atomic E-state index is -0.973. The van der Waals surface area contributed by atoms with Crippen molar-refractivity contribution in [3.8, 4) is 0 Å². The van der Waals surface area contributed by atoms with Gasteiger partial charge >= 0.3 is 0 Å². The zero-order valence-corrected chi connectivity index (χ0v) is 19.4. The van der Waals surface area contributed by atoms with Crippen LogP contribution in [0, 0.1) is 11.8 Å². The molecule has 3 rings (SSSR count). The number of carbonyl (C=O) groups excluding carboxylic acids is 3. The number of hydrogen-bond acceptors (Lipinski definition) is 5. The van der Waals surface area contributed by atoms with Crippen molar-refractivity contribution in [2.45, 2.75) is 74.4 Å². The van der Waals surface area contributed by atoms with Crippen molar-refractivity contribution in [3.05, 3.63) is 0 Å². The normalized spacial score (nSPS) is 34.3. The number of fused-ring (bicyclic) bond motifs is 1. The van der Waals surface area contributed by atoms with E-state index in [1.807, 2.05) is 0 Å². The van der Waals surface area contributed by atoms with Gasteiger partial charge in [0.05, 0.1) is 17.9 Å². The van der Waals surface area contributed by atoms with E-state index in [1.165, 1.54) is 0 Å². The van der Waals surface area contributed by atoms with Crippen LogP contribution in [0.25, 0.3) is 0 Å². The van der Waals surface area contributed by atoms with Gasteiger partial charge in [0.25, 0.3) is 0 Å². The van der Waals surface area contributed by atoms with Crippen LogP contribution in [0.15, 0.2) is 0 Å². The van der Waals surface area contributed by atoms with E-state index in [9.17, 15) is 14.4 Å². The predicted octanol–water partition coefficient (Wildman–Crippen LogP) is 0.949. The smallest absolute Gasteiger partial charge is 0.245 e. The zero-order chi connectivity index (χ0) is 21.9. The van der Waals surface area contributed by atoms with Gasteiger partial charge in [-0.05, 0) is 32.1 Å². The standard InChI is InChI=1S/C21H34BrN3O5/c1-3-4-6-9-24-19(28)17-21-12-13(22)16(30-21)14(18(27)23-2)15(21)20(29)25(17)10-7-5-8-11-26/h13-17,26H,3-12H2,1-2H3,(H,23,27)(H,24,28)/t13?,14-,15-,16-,17?,21?/m0/s1. The van der Waals surface area contributed by atoms with Crippen LogP contribution >= 0.6 is 15.9 Å². The zero-order valence-electron chi connectivity index (χ0n) is 17.9. The number of likely N-dealkylation sites (tertiary alicyclic amines) is 1. The summed E-state index contributed by atoms with van der Waals surface area (Å²) in [5.41, 5.74) is -0.973. The van der Waals surface area contributed by atoms with Gasteiger partial charge in [-0.1, -0.05) is 35.7 Å². The molecule has 0 aromatic carbocycles. The molecule has 0 aromatic heterocycles. The number of unbranched alkanes of at least 4 members (excludes halogenated alkanes) is 4. The average molecular weight is 488 g/mol. The van der Waals surface area contributed by atoms with Crippen LogP contribution in [0.5, 0.6) is 0 Å². The quantitative estimate of drug-likeness (QED) is 0.297. The van der Waals surface area contributed by atoms with E-state index < -0.39 is 29.6 Å². The second-order valence-corrected chi connectivity index (χ2v) is 9.77. The molecule has 1 spiro atoms. The Morgan fingerprint density at radius 3 is 2.67 bits per heavy atom. The highest BCUT2D eigenvalue weighted by Gasteiger charge is 2.76. The average Bonchev–Trinajstić information content (AvgIpc) is 3.31. The third-order valence-electron chi connectivity index (χ3n) is 6.72. The van der Waals surface area contributed by atoms with Gasteiger partial charge in [-0.15, -0.1) is 0 Å². The molecule has 3 aliphatic rings. The number of halogens is 1. The third-order valence-corrected chi connectivity index (χ3v) is 7.57. The van der Waals surface area contributed by atoms with E-state index in [0.29, 0.717) is 32.4 Å². The number of rotatable bonds is 11. The van der Waals surface area contributed by atoms with Gasteiger partial charge in [0.1, 0.15) is 11.6 Å². The topological polar surface area (TPSA) is 108 Å². The van der Waals surface area contributed by atoms with Crippen molar-refractivity contribution in [1.82, 2.24) is 15.5 Å². The Morgan fingerprint density at radius 1 is 1.23 bits per heavy atom. The fourth-order valence-electron chi connectivity index (χ4n) is 5.39. The van der Waals surface area contributed by atoms with Crippen molar-refractivity contribution in [3.63, 3.8) is 0 Å². The van der Waals surface area contributed by atoms with Gasteiger partial charge in [-0.2, -0.15) is 0 Å². The Labute approximate surface area is 186 Å². The molecule has 3 amide bonds. The highest BCUT2D eigenvalue weighted by molar-refractivity contribution is 9.09. The number of hydrogen-bond donors (Lipinski definition) is 3. The fourth-order valence-corrected chi connectivity index (χ4v) is 6.33. The lowest BCUT2D eigenvalue weighted by molar-refractivity contribution is -0.142.